The lowest BCUT2D eigenvalue weighted by atomic mass is 9.91. The lowest BCUT2D eigenvalue weighted by molar-refractivity contribution is 0.321. The molecule has 0 aliphatic carbocycles. The Hall–Kier alpha value is -1.60. The smallest absolute Gasteiger partial charge is 0.211 e. The minimum absolute atomic E-state index is 0.241. The molecule has 0 unspecified atom stereocenters. The number of piperidine rings is 1. The summed E-state index contributed by atoms with van der Waals surface area (Å²) in [7, 11) is -3.15. The number of sulfonamides is 1. The molecular formula is C16H24N4O2S. The van der Waals surface area contributed by atoms with Crippen molar-refractivity contribution in [1.82, 2.24) is 13.7 Å². The van der Waals surface area contributed by atoms with Gasteiger partial charge in [-0.05, 0) is 36.8 Å². The number of hydrogen-bond acceptors (Lipinski definition) is 4. The number of imidazole rings is 1. The fourth-order valence-electron chi connectivity index (χ4n) is 3.25. The van der Waals surface area contributed by atoms with Crippen LogP contribution in [0.5, 0.6) is 0 Å². The van der Waals surface area contributed by atoms with E-state index in [2.05, 4.69) is 10.3 Å². The zero-order valence-electron chi connectivity index (χ0n) is 16.4. The van der Waals surface area contributed by atoms with E-state index in [-0.39, 0.29) is 5.92 Å². The number of aryl methyl sites for hydroxylation is 1. The second-order valence-corrected chi connectivity index (χ2v) is 8.00. The summed E-state index contributed by atoms with van der Waals surface area (Å²) in [5, 5.41) is 2.59. The molecule has 3 rings (SSSR count). The highest BCUT2D eigenvalue weighted by atomic mass is 32.2. The molecular weight excluding hydrogens is 312 g/mol. The first-order chi connectivity index (χ1) is 12.1. The van der Waals surface area contributed by atoms with E-state index in [9.17, 15) is 8.42 Å². The van der Waals surface area contributed by atoms with Crippen LogP contribution in [0.15, 0.2) is 18.3 Å². The van der Waals surface area contributed by atoms with Crippen molar-refractivity contribution in [1.29, 1.82) is 0 Å². The van der Waals surface area contributed by atoms with Gasteiger partial charge < -0.3 is 5.32 Å². The number of hydrogen-bond donors (Lipinski definition) is 1. The van der Waals surface area contributed by atoms with Gasteiger partial charge in [-0.3, -0.25) is 4.40 Å². The molecule has 23 heavy (non-hydrogen) atoms. The molecule has 7 heteroatoms. The van der Waals surface area contributed by atoms with E-state index < -0.39 is 17.0 Å². The van der Waals surface area contributed by atoms with Crippen molar-refractivity contribution in [2.24, 2.45) is 0 Å². The Morgan fingerprint density at radius 3 is 2.74 bits per heavy atom. The summed E-state index contributed by atoms with van der Waals surface area (Å²) < 4.78 is 49.2. The summed E-state index contributed by atoms with van der Waals surface area (Å²) in [6.45, 7) is 0.656. The third kappa shape index (κ3) is 3.07. The first-order valence-corrected chi connectivity index (χ1v) is 9.67. The Kier molecular flexibility index (Phi) is 3.40. The zero-order chi connectivity index (χ0) is 19.1. The van der Waals surface area contributed by atoms with Crippen molar-refractivity contribution in [3.05, 3.63) is 29.6 Å². The second-order valence-electron chi connectivity index (χ2n) is 6.01. The first kappa shape index (κ1) is 12.8. The van der Waals surface area contributed by atoms with E-state index in [0.29, 0.717) is 36.7 Å². The normalized spacial score (nSPS) is 20.2. The molecule has 1 aliphatic heterocycles. The minimum Gasteiger partial charge on any atom is -0.373 e. The van der Waals surface area contributed by atoms with Crippen LogP contribution >= 0.6 is 0 Å². The molecule has 1 saturated heterocycles. The van der Waals surface area contributed by atoms with E-state index in [4.69, 9.17) is 4.11 Å². The fourth-order valence-corrected chi connectivity index (χ4v) is 4.13. The molecule has 0 atom stereocenters. The van der Waals surface area contributed by atoms with Crippen LogP contribution in [0.25, 0.3) is 5.65 Å². The maximum absolute atomic E-state index is 11.7. The van der Waals surface area contributed by atoms with E-state index in [1.807, 2.05) is 25.3 Å². The van der Waals surface area contributed by atoms with Crippen molar-refractivity contribution in [3.63, 3.8) is 0 Å². The van der Waals surface area contributed by atoms with Gasteiger partial charge in [-0.2, -0.15) is 0 Å². The summed E-state index contributed by atoms with van der Waals surface area (Å²) in [5.41, 5.74) is 2.48. The van der Waals surface area contributed by atoms with Gasteiger partial charge in [0.15, 0.2) is 0 Å². The third-order valence-electron chi connectivity index (χ3n) is 4.56. The van der Waals surface area contributed by atoms with Crippen LogP contribution in [0, 0.1) is 0 Å². The number of pyridine rings is 1. The monoisotopic (exact) mass is 339 g/mol. The van der Waals surface area contributed by atoms with Gasteiger partial charge >= 0.3 is 0 Å². The third-order valence-corrected chi connectivity index (χ3v) is 5.86. The quantitative estimate of drug-likeness (QED) is 0.926. The molecule has 6 nitrogen and oxygen atoms in total. The van der Waals surface area contributed by atoms with E-state index in [1.54, 1.807) is 4.40 Å². The lowest BCUT2D eigenvalue weighted by Gasteiger charge is -2.30. The highest BCUT2D eigenvalue weighted by molar-refractivity contribution is 7.88. The molecule has 0 aromatic carbocycles. The molecule has 0 bridgehead atoms. The molecule has 2 aromatic heterocycles. The molecule has 0 radical (unpaired) electrons. The Bertz CT molecular complexity index is 900. The predicted octanol–water partition coefficient (Wildman–Crippen LogP) is 2.08. The van der Waals surface area contributed by atoms with Crippen LogP contribution in [0.4, 0.5) is 5.82 Å². The topological polar surface area (TPSA) is 66.7 Å². The highest BCUT2D eigenvalue weighted by Gasteiger charge is 2.26. The number of nitrogens with zero attached hydrogens (tertiary/aromatic N) is 3. The minimum atomic E-state index is -3.15. The molecule has 0 spiro atoms. The average molecular weight is 339 g/mol. The van der Waals surface area contributed by atoms with Gasteiger partial charge in [-0.1, -0.05) is 13.0 Å². The molecule has 1 aliphatic rings. The number of fused-ring (bicyclic) bond motifs is 1. The largest absolute Gasteiger partial charge is 0.373 e. The van der Waals surface area contributed by atoms with Crippen molar-refractivity contribution in [3.8, 4) is 0 Å². The van der Waals surface area contributed by atoms with Crippen LogP contribution in [0.1, 0.15) is 41.1 Å². The number of aromatic nitrogens is 2. The van der Waals surface area contributed by atoms with E-state index in [0.717, 1.165) is 18.4 Å². The molecule has 1 fully saturated rings. The number of nitrogens with one attached hydrogen (secondary N) is 1. The van der Waals surface area contributed by atoms with Gasteiger partial charge in [-0.25, -0.2) is 17.7 Å². The number of rotatable bonds is 4. The van der Waals surface area contributed by atoms with E-state index in [1.165, 1.54) is 10.6 Å². The fraction of sp³-hybridized carbons (Fsp3) is 0.562. The molecule has 2 aromatic rings. The summed E-state index contributed by atoms with van der Waals surface area (Å²) in [5.74, 6) is 0.739. The van der Waals surface area contributed by atoms with Crippen LogP contribution in [-0.4, -0.2) is 48.4 Å². The molecule has 0 saturated carbocycles. The van der Waals surface area contributed by atoms with E-state index >= 15 is 0 Å². The lowest BCUT2D eigenvalue weighted by Crippen LogP contribution is -2.37. The maximum Gasteiger partial charge on any atom is 0.211 e. The second kappa shape index (κ2) is 6.13. The SMILES string of the molecule is [2H]C([2H])([2H])Nc1c(CC)nc2ccc(C3CCN(S(C)(=O)=O)CC3)cn12. The van der Waals surface area contributed by atoms with Gasteiger partial charge in [0.2, 0.25) is 10.0 Å². The number of anilines is 1. The highest BCUT2D eigenvalue weighted by Crippen LogP contribution is 2.30. The Balaban J connectivity index is 1.90. The van der Waals surface area contributed by atoms with Gasteiger partial charge in [0.1, 0.15) is 11.5 Å². The van der Waals surface area contributed by atoms with Crippen LogP contribution in [0.3, 0.4) is 0 Å². The van der Waals surface area contributed by atoms with Crippen molar-refractivity contribution >= 4 is 21.5 Å². The average Bonchev–Trinajstić information content (AvgIpc) is 2.89. The van der Waals surface area contributed by atoms with Crippen LogP contribution < -0.4 is 5.32 Å². The zero-order valence-corrected chi connectivity index (χ0v) is 14.2. The Morgan fingerprint density at radius 1 is 1.39 bits per heavy atom. The maximum atomic E-state index is 11.7. The van der Waals surface area contributed by atoms with Gasteiger partial charge in [0.25, 0.3) is 0 Å². The van der Waals surface area contributed by atoms with Crippen molar-refractivity contribution in [2.75, 3.05) is 31.6 Å². The van der Waals surface area contributed by atoms with Gasteiger partial charge in [0, 0.05) is 30.4 Å². The van der Waals surface area contributed by atoms with Crippen LogP contribution in [0.2, 0.25) is 0 Å². The standard InChI is InChI=1S/C16H24N4O2S/c1-4-14-16(17-2)20-11-13(5-6-15(20)18-14)12-7-9-19(10-8-12)23(3,21)22/h5-6,11-12,17H,4,7-10H2,1-3H3/i2D3. The molecule has 126 valence electrons. The first-order valence-electron chi connectivity index (χ1n) is 9.32. The van der Waals surface area contributed by atoms with Crippen LogP contribution in [-0.2, 0) is 16.4 Å². The Morgan fingerprint density at radius 2 is 2.13 bits per heavy atom. The summed E-state index contributed by atoms with van der Waals surface area (Å²) in [6, 6.07) is 3.89. The summed E-state index contributed by atoms with van der Waals surface area (Å²) in [4.78, 5) is 4.51. The summed E-state index contributed by atoms with van der Waals surface area (Å²) in [6.07, 6.45) is 5.29. The van der Waals surface area contributed by atoms with Gasteiger partial charge in [0.05, 0.1) is 11.9 Å². The molecule has 0 amide bonds. The predicted molar refractivity (Wildman–Crippen MR) is 92.5 cm³/mol. The molecule has 3 heterocycles. The van der Waals surface area contributed by atoms with Crippen molar-refractivity contribution < 1.29 is 12.5 Å². The Labute approximate surface area is 141 Å². The van der Waals surface area contributed by atoms with Crippen molar-refractivity contribution in [2.45, 2.75) is 32.1 Å². The van der Waals surface area contributed by atoms with Gasteiger partial charge in [-0.15, -0.1) is 0 Å². The molecule has 1 N–H and O–H groups in total. The summed E-state index contributed by atoms with van der Waals surface area (Å²) >= 11 is 0.